The minimum absolute atomic E-state index is 0.321. The number of nitrogens with one attached hydrogen (secondary N) is 2. The van der Waals surface area contributed by atoms with Gasteiger partial charge in [-0.2, -0.15) is 13.2 Å². The van der Waals surface area contributed by atoms with Crippen molar-refractivity contribution in [2.24, 2.45) is 0 Å². The molecule has 42 heavy (non-hydrogen) atoms. The predicted octanol–water partition coefficient (Wildman–Crippen LogP) is 5.01. The van der Waals surface area contributed by atoms with Crippen molar-refractivity contribution in [1.82, 2.24) is 14.9 Å². The van der Waals surface area contributed by atoms with E-state index in [1.165, 1.54) is 23.5 Å². The molecule has 0 saturated carbocycles. The summed E-state index contributed by atoms with van der Waals surface area (Å²) in [5.41, 5.74) is 1.69. The summed E-state index contributed by atoms with van der Waals surface area (Å²) < 4.78 is 45.7. The van der Waals surface area contributed by atoms with Crippen molar-refractivity contribution >= 4 is 34.6 Å². The number of ether oxygens (including phenoxy) is 1. The van der Waals surface area contributed by atoms with Gasteiger partial charge < -0.3 is 25.2 Å². The molecule has 0 bridgehead atoms. The molecular weight excluding hydrogens is 551 g/mol. The van der Waals surface area contributed by atoms with Gasteiger partial charge in [-0.05, 0) is 36.9 Å². The Morgan fingerprint density at radius 1 is 1.12 bits per heavy atom. The Morgan fingerprint density at radius 3 is 2.62 bits per heavy atom. The fourth-order valence-corrected chi connectivity index (χ4v) is 5.02. The van der Waals surface area contributed by atoms with Crippen molar-refractivity contribution in [3.63, 3.8) is 0 Å². The lowest BCUT2D eigenvalue weighted by molar-refractivity contribution is -0.137. The average Bonchev–Trinajstić information content (AvgIpc) is 3.48. The molecule has 222 valence electrons. The summed E-state index contributed by atoms with van der Waals surface area (Å²) in [6.07, 6.45) is -1.41. The Kier molecular flexibility index (Phi) is 8.50. The third kappa shape index (κ3) is 6.42. The molecule has 10 nitrogen and oxygen atoms in total. The fourth-order valence-electron chi connectivity index (χ4n) is 5.02. The van der Waals surface area contributed by atoms with Crippen LogP contribution in [0.25, 0.3) is 0 Å². The number of hydrogen-bond donors (Lipinski definition) is 2. The number of benzene rings is 2. The number of rotatable bonds is 8. The molecule has 0 radical (unpaired) electrons. The third-order valence-electron chi connectivity index (χ3n) is 7.25. The number of carbonyl (C=O) groups is 1. The highest BCUT2D eigenvalue weighted by atomic mass is 19.4. The quantitative estimate of drug-likeness (QED) is 0.355. The van der Waals surface area contributed by atoms with Crippen molar-refractivity contribution in [2.45, 2.75) is 18.6 Å². The van der Waals surface area contributed by atoms with E-state index in [0.29, 0.717) is 47.4 Å². The summed E-state index contributed by atoms with van der Waals surface area (Å²) in [4.78, 5) is 31.2. The summed E-state index contributed by atoms with van der Waals surface area (Å²) in [6.45, 7) is 7.19. The van der Waals surface area contributed by atoms with E-state index < -0.39 is 17.8 Å². The van der Waals surface area contributed by atoms with Crippen LogP contribution in [-0.4, -0.2) is 67.7 Å². The highest BCUT2D eigenvalue weighted by Gasteiger charge is 2.34. The number of hydrogen-bond acceptors (Lipinski definition) is 9. The van der Waals surface area contributed by atoms with Crippen LogP contribution in [0.5, 0.6) is 5.75 Å². The number of methoxy groups -OCH3 is 1. The van der Waals surface area contributed by atoms with Crippen LogP contribution >= 0.6 is 0 Å². The van der Waals surface area contributed by atoms with Crippen molar-refractivity contribution in [2.75, 3.05) is 67.5 Å². The van der Waals surface area contributed by atoms with E-state index in [2.05, 4.69) is 44.0 Å². The number of alkyl halides is 3. The summed E-state index contributed by atoms with van der Waals surface area (Å²) in [5.74, 6) is 0.947. The zero-order chi connectivity index (χ0) is 29.9. The highest BCUT2D eigenvalue weighted by Crippen LogP contribution is 2.40. The molecule has 1 amide bonds. The van der Waals surface area contributed by atoms with Crippen molar-refractivity contribution in [3.8, 4) is 5.75 Å². The number of hydroxylamine groups is 1. The van der Waals surface area contributed by atoms with Crippen LogP contribution in [0.1, 0.15) is 23.6 Å². The van der Waals surface area contributed by atoms with Gasteiger partial charge in [0.25, 0.3) is 0 Å². The Balaban J connectivity index is 1.43. The van der Waals surface area contributed by atoms with Crippen LogP contribution in [0.3, 0.4) is 0 Å². The van der Waals surface area contributed by atoms with Crippen LogP contribution in [-0.2, 0) is 15.8 Å². The molecule has 2 aromatic carbocycles. The normalized spacial score (nSPS) is 17.7. The van der Waals surface area contributed by atoms with Gasteiger partial charge in [-0.25, -0.2) is 15.0 Å². The molecular formula is C29H32F3N7O3. The van der Waals surface area contributed by atoms with E-state index in [4.69, 9.17) is 9.57 Å². The Labute approximate surface area is 241 Å². The maximum atomic E-state index is 13.3. The fraction of sp³-hybridized carbons (Fsp3) is 0.345. The Morgan fingerprint density at radius 2 is 1.90 bits per heavy atom. The van der Waals surface area contributed by atoms with Crippen molar-refractivity contribution < 1.29 is 27.5 Å². The number of carbonyl (C=O) groups excluding carboxylic acids is 1. The molecule has 2 saturated heterocycles. The van der Waals surface area contributed by atoms with Gasteiger partial charge in [0, 0.05) is 44.7 Å². The van der Waals surface area contributed by atoms with Crippen molar-refractivity contribution in [1.29, 1.82) is 0 Å². The topological polar surface area (TPSA) is 95.1 Å². The molecule has 1 aromatic heterocycles. The van der Waals surface area contributed by atoms with Crippen LogP contribution < -0.4 is 25.3 Å². The van der Waals surface area contributed by atoms with Gasteiger partial charge in [-0.1, -0.05) is 18.7 Å². The van der Waals surface area contributed by atoms with E-state index in [0.717, 1.165) is 44.0 Å². The van der Waals surface area contributed by atoms with E-state index in [-0.39, 0.29) is 5.91 Å². The average molecular weight is 584 g/mol. The van der Waals surface area contributed by atoms with Gasteiger partial charge >= 0.3 is 6.18 Å². The zero-order valence-corrected chi connectivity index (χ0v) is 23.3. The Bertz CT molecular complexity index is 1440. The van der Waals surface area contributed by atoms with Gasteiger partial charge in [-0.15, -0.1) is 0 Å². The van der Waals surface area contributed by atoms with Gasteiger partial charge in [0.2, 0.25) is 5.91 Å². The first kappa shape index (κ1) is 29.1. The molecule has 0 aliphatic carbocycles. The molecule has 1 unspecified atom stereocenters. The number of likely N-dealkylation sites (N-methyl/N-ethyl adjacent to an activating group) is 1. The van der Waals surface area contributed by atoms with E-state index in [1.807, 2.05) is 6.07 Å². The molecule has 2 aliphatic rings. The molecule has 0 spiro atoms. The molecule has 13 heteroatoms. The first-order chi connectivity index (χ1) is 20.2. The van der Waals surface area contributed by atoms with Crippen LogP contribution in [0.15, 0.2) is 61.4 Å². The van der Waals surface area contributed by atoms with Gasteiger partial charge in [-0.3, -0.25) is 9.63 Å². The molecule has 3 heterocycles. The number of halogens is 3. The lowest BCUT2D eigenvalue weighted by atomic mass is 10.0. The monoisotopic (exact) mass is 583 g/mol. The molecule has 1 atom stereocenters. The van der Waals surface area contributed by atoms with Crippen LogP contribution in [0.2, 0.25) is 0 Å². The molecule has 3 aromatic rings. The smallest absolute Gasteiger partial charge is 0.416 e. The second kappa shape index (κ2) is 12.2. The van der Waals surface area contributed by atoms with Crippen LogP contribution in [0, 0.1) is 0 Å². The summed E-state index contributed by atoms with van der Waals surface area (Å²) in [5, 5.41) is 7.63. The lowest BCUT2D eigenvalue weighted by Gasteiger charge is -2.35. The van der Waals surface area contributed by atoms with Crippen LogP contribution in [0.4, 0.5) is 41.9 Å². The predicted molar refractivity (Wildman–Crippen MR) is 154 cm³/mol. The third-order valence-corrected chi connectivity index (χ3v) is 7.25. The number of aromatic nitrogens is 2. The first-order valence-corrected chi connectivity index (χ1v) is 13.4. The largest absolute Gasteiger partial charge is 0.494 e. The molecule has 2 fully saturated rings. The summed E-state index contributed by atoms with van der Waals surface area (Å²) in [6, 6.07) is 10.0. The standard InChI is InChI=1S/C29H32F3N7O3/c1-4-28(40)36-21-15-22(25(41-3)16-24(21)38-11-9-37(2)10-12-38)35-26-17-27(34-18-33-26)39-23(8-13-42-39)19-6-5-7-20(14-19)29(30,31)32/h4-7,14-18,23H,1,8-13H2,2-3H3,(H,36,40)(H,33,34,35). The maximum absolute atomic E-state index is 13.3. The minimum atomic E-state index is -4.45. The SMILES string of the molecule is C=CC(=O)Nc1cc(Nc2cc(N3OCCC3c3cccc(C(F)(F)F)c3)ncn2)c(OC)cc1N1CCN(C)CC1. The van der Waals surface area contributed by atoms with Gasteiger partial charge in [0.15, 0.2) is 5.82 Å². The number of nitrogens with zero attached hydrogens (tertiary/aromatic N) is 5. The second-order valence-corrected chi connectivity index (χ2v) is 10.0. The number of amides is 1. The number of anilines is 5. The minimum Gasteiger partial charge on any atom is -0.494 e. The Hall–Kier alpha value is -4.36. The van der Waals surface area contributed by atoms with Gasteiger partial charge in [0.1, 0.15) is 17.9 Å². The van der Waals surface area contributed by atoms with E-state index in [1.54, 1.807) is 25.3 Å². The summed E-state index contributed by atoms with van der Waals surface area (Å²) >= 11 is 0. The second-order valence-electron chi connectivity index (χ2n) is 10.0. The summed E-state index contributed by atoms with van der Waals surface area (Å²) in [7, 11) is 3.62. The molecule has 5 rings (SSSR count). The van der Waals surface area contributed by atoms with E-state index >= 15 is 0 Å². The highest BCUT2D eigenvalue weighted by molar-refractivity contribution is 6.02. The zero-order valence-electron chi connectivity index (χ0n) is 23.3. The maximum Gasteiger partial charge on any atom is 0.416 e. The van der Waals surface area contributed by atoms with Gasteiger partial charge in [0.05, 0.1) is 42.4 Å². The number of piperazine rings is 1. The molecule has 2 aliphatic heterocycles. The van der Waals surface area contributed by atoms with Crippen molar-refractivity contribution in [3.05, 3.63) is 72.6 Å². The molecule has 2 N–H and O–H groups in total. The first-order valence-electron chi connectivity index (χ1n) is 13.4. The van der Waals surface area contributed by atoms with E-state index in [9.17, 15) is 18.0 Å². The lowest BCUT2D eigenvalue weighted by Crippen LogP contribution is -2.44.